The second kappa shape index (κ2) is 12.7. The zero-order valence-electron chi connectivity index (χ0n) is 24.2. The van der Waals surface area contributed by atoms with Crippen molar-refractivity contribution in [3.8, 4) is 0 Å². The van der Waals surface area contributed by atoms with Gasteiger partial charge in [0.2, 0.25) is 21.8 Å². The smallest absolute Gasteiger partial charge is 0.475 e. The molecule has 1 aliphatic rings. The fourth-order valence-electron chi connectivity index (χ4n) is 5.29. The normalized spacial score (nSPS) is 16.4. The topological polar surface area (TPSA) is 163 Å². The number of aromatic nitrogens is 3. The van der Waals surface area contributed by atoms with Crippen LogP contribution < -0.4 is 10.0 Å². The second-order valence-corrected chi connectivity index (χ2v) is 12.6. The molecule has 1 aliphatic heterocycles. The predicted molar refractivity (Wildman–Crippen MR) is 162 cm³/mol. The number of rotatable bonds is 7. The largest absolute Gasteiger partial charge is 0.490 e. The standard InChI is InChI=1S/C29H27N5O4S.C2HF3O2/c1-34-17-20(21-6-2-5-9-25(21)34)15-27(35)30-24(29-31-22-7-3-4-8-23(22)32-29)14-18-10-12-19(13-11-18)26-16-28(36)33-39(26,37)38;3-2(4,5)1(6)7/h2-13,17,24,26H,14-16H2,1H3,(H,30,35)(H,31,32)(H,33,36);(H,6,7)/t24-,26?;/m0./s1. The van der Waals surface area contributed by atoms with Gasteiger partial charge >= 0.3 is 12.1 Å². The molecule has 5 aromatic rings. The highest BCUT2D eigenvalue weighted by Gasteiger charge is 2.38. The molecule has 1 unspecified atom stereocenters. The maximum atomic E-state index is 13.3. The predicted octanol–water partition coefficient (Wildman–Crippen LogP) is 4.22. The number of carboxylic acid groups (broad SMARTS) is 1. The number of amides is 2. The Bertz CT molecular complexity index is 2000. The first-order valence-electron chi connectivity index (χ1n) is 13.9. The van der Waals surface area contributed by atoms with Gasteiger partial charge in [0.25, 0.3) is 0 Å². The lowest BCUT2D eigenvalue weighted by molar-refractivity contribution is -0.192. The van der Waals surface area contributed by atoms with Gasteiger partial charge in [-0.1, -0.05) is 54.6 Å². The average molecular weight is 656 g/mol. The number of carboxylic acids is 1. The molecule has 3 heterocycles. The van der Waals surface area contributed by atoms with Gasteiger partial charge in [-0.15, -0.1) is 0 Å². The number of H-pyrrole nitrogens is 1. The first-order chi connectivity index (χ1) is 21.7. The summed E-state index contributed by atoms with van der Waals surface area (Å²) in [7, 11) is -1.75. The average Bonchev–Trinajstić information content (AvgIpc) is 3.65. The van der Waals surface area contributed by atoms with Gasteiger partial charge < -0.3 is 20.0 Å². The minimum absolute atomic E-state index is 0.0898. The number of halogens is 3. The van der Waals surface area contributed by atoms with Crippen molar-refractivity contribution in [2.45, 2.75) is 36.7 Å². The fourth-order valence-corrected chi connectivity index (χ4v) is 6.72. The van der Waals surface area contributed by atoms with Gasteiger partial charge in [0.15, 0.2) is 0 Å². The van der Waals surface area contributed by atoms with E-state index in [9.17, 15) is 31.2 Å². The Kier molecular flexibility index (Phi) is 8.87. The number of para-hydroxylation sites is 3. The fraction of sp³-hybridized carbons (Fsp3) is 0.226. The molecule has 6 rings (SSSR count). The van der Waals surface area contributed by atoms with E-state index in [2.05, 4.69) is 10.3 Å². The summed E-state index contributed by atoms with van der Waals surface area (Å²) in [5.74, 6) is -2.75. The summed E-state index contributed by atoms with van der Waals surface area (Å²) in [6.07, 6.45) is -2.53. The van der Waals surface area contributed by atoms with Crippen molar-refractivity contribution in [1.82, 2.24) is 24.6 Å². The summed E-state index contributed by atoms with van der Waals surface area (Å²) < 4.78 is 60.3. The van der Waals surface area contributed by atoms with Crippen molar-refractivity contribution < 1.29 is 41.1 Å². The third-order valence-electron chi connectivity index (χ3n) is 7.44. The molecule has 1 fully saturated rings. The van der Waals surface area contributed by atoms with E-state index in [-0.39, 0.29) is 18.7 Å². The quantitative estimate of drug-likeness (QED) is 0.204. The number of alkyl halides is 3. The molecule has 0 aliphatic carbocycles. The second-order valence-electron chi connectivity index (χ2n) is 10.7. The molecule has 11 nitrogen and oxygen atoms in total. The van der Waals surface area contributed by atoms with Crippen LogP contribution in [0.4, 0.5) is 13.2 Å². The number of imidazole rings is 1. The van der Waals surface area contributed by atoms with Crippen LogP contribution in [0.5, 0.6) is 0 Å². The van der Waals surface area contributed by atoms with Crippen LogP contribution in [-0.2, 0) is 44.3 Å². The number of benzene rings is 3. The van der Waals surface area contributed by atoms with Gasteiger partial charge in [-0.3, -0.25) is 14.3 Å². The highest BCUT2D eigenvalue weighted by atomic mass is 32.2. The van der Waals surface area contributed by atoms with Crippen LogP contribution in [0.3, 0.4) is 0 Å². The Balaban J connectivity index is 0.000000537. The van der Waals surface area contributed by atoms with Crippen molar-refractivity contribution in [3.05, 3.63) is 102 Å². The summed E-state index contributed by atoms with van der Waals surface area (Å²) >= 11 is 0. The highest BCUT2D eigenvalue weighted by molar-refractivity contribution is 7.90. The molecule has 46 heavy (non-hydrogen) atoms. The zero-order chi connectivity index (χ0) is 33.2. The number of aryl methyl sites for hydroxylation is 1. The highest BCUT2D eigenvalue weighted by Crippen LogP contribution is 2.31. The van der Waals surface area contributed by atoms with E-state index in [1.165, 1.54) is 0 Å². The number of aliphatic carboxylic acids is 1. The molecular formula is C31H28F3N5O6S. The molecule has 0 bridgehead atoms. The molecule has 0 saturated carbocycles. The van der Waals surface area contributed by atoms with E-state index in [1.807, 2.05) is 83.2 Å². The minimum Gasteiger partial charge on any atom is -0.475 e. The Hall–Kier alpha value is -5.18. The van der Waals surface area contributed by atoms with Crippen LogP contribution >= 0.6 is 0 Å². The number of fused-ring (bicyclic) bond motifs is 2. The lowest BCUT2D eigenvalue weighted by atomic mass is 10.0. The monoisotopic (exact) mass is 655 g/mol. The van der Waals surface area contributed by atoms with Crippen molar-refractivity contribution in [2.24, 2.45) is 7.05 Å². The van der Waals surface area contributed by atoms with Crippen LogP contribution in [0, 0.1) is 0 Å². The van der Waals surface area contributed by atoms with E-state index in [0.29, 0.717) is 17.8 Å². The Morgan fingerprint density at radius 2 is 1.72 bits per heavy atom. The van der Waals surface area contributed by atoms with E-state index >= 15 is 0 Å². The molecule has 1 saturated heterocycles. The van der Waals surface area contributed by atoms with Crippen LogP contribution in [0.1, 0.15) is 40.2 Å². The van der Waals surface area contributed by atoms with Crippen LogP contribution in [0.15, 0.2) is 79.0 Å². The summed E-state index contributed by atoms with van der Waals surface area (Å²) in [5.41, 5.74) is 5.14. The number of sulfonamides is 1. The molecule has 2 atom stereocenters. The van der Waals surface area contributed by atoms with Crippen LogP contribution in [0.2, 0.25) is 0 Å². The summed E-state index contributed by atoms with van der Waals surface area (Å²) in [6, 6.07) is 22.4. The number of nitrogens with zero attached hydrogens (tertiary/aromatic N) is 2. The summed E-state index contributed by atoms with van der Waals surface area (Å²) in [5, 5.41) is 10.4. The number of aromatic amines is 1. The third kappa shape index (κ3) is 7.20. The van der Waals surface area contributed by atoms with Gasteiger partial charge in [-0.05, 0) is 41.3 Å². The Morgan fingerprint density at radius 1 is 1.07 bits per heavy atom. The van der Waals surface area contributed by atoms with Crippen LogP contribution in [-0.4, -0.2) is 52.0 Å². The van der Waals surface area contributed by atoms with Gasteiger partial charge in [0.1, 0.15) is 11.1 Å². The number of hydrogen-bond acceptors (Lipinski definition) is 6. The molecule has 0 spiro atoms. The van der Waals surface area contributed by atoms with Crippen molar-refractivity contribution in [1.29, 1.82) is 0 Å². The molecule has 4 N–H and O–H groups in total. The number of nitrogens with one attached hydrogen (secondary N) is 3. The lowest BCUT2D eigenvalue weighted by Crippen LogP contribution is -2.32. The van der Waals surface area contributed by atoms with Crippen molar-refractivity contribution in [3.63, 3.8) is 0 Å². The van der Waals surface area contributed by atoms with Gasteiger partial charge in [-0.25, -0.2) is 18.2 Å². The molecule has 0 radical (unpaired) electrons. The molecular weight excluding hydrogens is 627 g/mol. The number of hydrogen-bond donors (Lipinski definition) is 4. The van der Waals surface area contributed by atoms with Gasteiger partial charge in [-0.2, -0.15) is 13.2 Å². The van der Waals surface area contributed by atoms with E-state index in [4.69, 9.17) is 14.9 Å². The van der Waals surface area contributed by atoms with Crippen LogP contribution in [0.25, 0.3) is 21.9 Å². The SMILES string of the molecule is Cn1cc(CC(=O)N[C@@H](Cc2ccc(C3CC(=O)NS3(=O)=O)cc2)c2nc3ccccc3[nH]2)c2ccccc21.O=C(O)C(F)(F)F. The minimum atomic E-state index is -5.08. The molecule has 3 aromatic carbocycles. The maximum Gasteiger partial charge on any atom is 0.490 e. The van der Waals surface area contributed by atoms with Crippen molar-refractivity contribution in [2.75, 3.05) is 0 Å². The molecule has 240 valence electrons. The van der Waals surface area contributed by atoms with E-state index in [0.717, 1.165) is 33.1 Å². The Labute approximate surface area is 260 Å². The molecule has 2 amide bonds. The zero-order valence-corrected chi connectivity index (χ0v) is 25.0. The molecule has 2 aromatic heterocycles. The number of carbonyl (C=O) groups excluding carboxylic acids is 2. The van der Waals surface area contributed by atoms with E-state index in [1.54, 1.807) is 12.1 Å². The number of carbonyl (C=O) groups is 3. The first kappa shape index (κ1) is 32.2. The van der Waals surface area contributed by atoms with Crippen molar-refractivity contribution >= 4 is 49.7 Å². The van der Waals surface area contributed by atoms with E-state index < -0.39 is 39.4 Å². The van der Waals surface area contributed by atoms with Gasteiger partial charge in [0.05, 0.1) is 29.9 Å². The lowest BCUT2D eigenvalue weighted by Gasteiger charge is -2.18. The van der Waals surface area contributed by atoms with Gasteiger partial charge in [0, 0.05) is 24.1 Å². The summed E-state index contributed by atoms with van der Waals surface area (Å²) in [4.78, 5) is 41.9. The third-order valence-corrected chi connectivity index (χ3v) is 9.14. The summed E-state index contributed by atoms with van der Waals surface area (Å²) in [6.45, 7) is 0. The Morgan fingerprint density at radius 3 is 2.35 bits per heavy atom. The first-order valence-corrected chi connectivity index (χ1v) is 15.5. The molecule has 15 heteroatoms. The maximum absolute atomic E-state index is 13.3.